The van der Waals surface area contributed by atoms with E-state index in [1.807, 2.05) is 13.8 Å². The van der Waals surface area contributed by atoms with E-state index in [0.29, 0.717) is 30.0 Å². The Morgan fingerprint density at radius 3 is 2.50 bits per heavy atom. The fourth-order valence-electron chi connectivity index (χ4n) is 2.62. The maximum Gasteiger partial charge on any atom is 0.251 e. The molecule has 0 aliphatic rings. The van der Waals surface area contributed by atoms with Gasteiger partial charge in [0.2, 0.25) is 10.0 Å². The molecule has 0 atom stereocenters. The summed E-state index contributed by atoms with van der Waals surface area (Å²) >= 11 is 0. The minimum absolute atomic E-state index is 0.0775. The number of hydrogen-bond donors (Lipinski definition) is 1. The zero-order chi connectivity index (χ0) is 20.7. The molecule has 0 fully saturated rings. The largest absolute Gasteiger partial charge is 0.494 e. The van der Waals surface area contributed by atoms with Crippen molar-refractivity contribution in [2.24, 2.45) is 0 Å². The molecule has 1 N–H and O–H groups in total. The Morgan fingerprint density at radius 1 is 1.21 bits per heavy atom. The van der Waals surface area contributed by atoms with Crippen LogP contribution in [0, 0.1) is 6.92 Å². The number of carbonyl (C=O) groups excluding carboxylic acids is 1. The molecule has 0 bridgehead atoms. The molecular formula is C21H26N2O4S. The molecular weight excluding hydrogens is 376 g/mol. The third kappa shape index (κ3) is 5.21. The van der Waals surface area contributed by atoms with Crippen LogP contribution in [0.1, 0.15) is 28.4 Å². The van der Waals surface area contributed by atoms with Crippen LogP contribution in [0.3, 0.4) is 0 Å². The fraction of sp³-hybridized carbons (Fsp3) is 0.286. The van der Waals surface area contributed by atoms with E-state index in [2.05, 4.69) is 11.9 Å². The lowest BCUT2D eigenvalue weighted by atomic mass is 10.1. The van der Waals surface area contributed by atoms with Crippen LogP contribution in [-0.4, -0.2) is 38.8 Å². The molecule has 1 amide bonds. The van der Waals surface area contributed by atoms with Gasteiger partial charge in [0.25, 0.3) is 5.91 Å². The molecule has 2 aromatic carbocycles. The Balaban J connectivity index is 2.32. The molecule has 2 aromatic rings. The second-order valence-electron chi connectivity index (χ2n) is 6.33. The van der Waals surface area contributed by atoms with Gasteiger partial charge >= 0.3 is 0 Å². The molecule has 7 heteroatoms. The summed E-state index contributed by atoms with van der Waals surface area (Å²) in [6.07, 6.45) is 1.59. The van der Waals surface area contributed by atoms with Gasteiger partial charge in [0.1, 0.15) is 5.75 Å². The predicted octanol–water partition coefficient (Wildman–Crippen LogP) is 3.13. The molecule has 2 rings (SSSR count). The lowest BCUT2D eigenvalue weighted by Gasteiger charge is -2.20. The SMILES string of the molecule is C=CCNC(=O)c1ccc(OCC)c(CN(C)S(=O)(=O)c2ccc(C)cc2)c1. The van der Waals surface area contributed by atoms with Crippen molar-refractivity contribution in [3.8, 4) is 5.75 Å². The average molecular weight is 403 g/mol. The zero-order valence-corrected chi connectivity index (χ0v) is 17.3. The second kappa shape index (κ2) is 9.52. The number of ether oxygens (including phenoxy) is 1. The number of sulfonamides is 1. The van der Waals surface area contributed by atoms with Gasteiger partial charge in [-0.1, -0.05) is 23.8 Å². The van der Waals surface area contributed by atoms with E-state index in [1.54, 1.807) is 48.5 Å². The molecule has 6 nitrogen and oxygen atoms in total. The maximum absolute atomic E-state index is 12.9. The zero-order valence-electron chi connectivity index (χ0n) is 16.4. The van der Waals surface area contributed by atoms with Crippen LogP contribution in [0.25, 0.3) is 0 Å². The Morgan fingerprint density at radius 2 is 1.89 bits per heavy atom. The number of amides is 1. The summed E-state index contributed by atoms with van der Waals surface area (Å²) < 4.78 is 32.6. The Labute approximate surface area is 166 Å². The standard InChI is InChI=1S/C21H26N2O4S/c1-5-13-22-21(24)17-9-12-20(27-6-2)18(14-17)15-23(4)28(25,26)19-10-7-16(3)8-11-19/h5,7-12,14H,1,6,13,15H2,2-4H3,(H,22,24). The van der Waals surface area contributed by atoms with E-state index in [9.17, 15) is 13.2 Å². The van der Waals surface area contributed by atoms with Crippen LogP contribution in [0.2, 0.25) is 0 Å². The van der Waals surface area contributed by atoms with Crippen molar-refractivity contribution >= 4 is 15.9 Å². The van der Waals surface area contributed by atoms with Gasteiger partial charge in [-0.15, -0.1) is 6.58 Å². The Kier molecular flexibility index (Phi) is 7.37. The molecule has 0 radical (unpaired) electrons. The monoisotopic (exact) mass is 402 g/mol. The van der Waals surface area contributed by atoms with Crippen molar-refractivity contribution < 1.29 is 17.9 Å². The van der Waals surface area contributed by atoms with Crippen molar-refractivity contribution in [3.63, 3.8) is 0 Å². The van der Waals surface area contributed by atoms with Crippen LogP contribution >= 0.6 is 0 Å². The molecule has 0 unspecified atom stereocenters. The van der Waals surface area contributed by atoms with E-state index in [0.717, 1.165) is 5.56 Å². The summed E-state index contributed by atoms with van der Waals surface area (Å²) in [5, 5.41) is 2.71. The van der Waals surface area contributed by atoms with Crippen molar-refractivity contribution in [2.45, 2.75) is 25.3 Å². The molecule has 0 spiro atoms. The summed E-state index contributed by atoms with van der Waals surface area (Å²) in [6, 6.07) is 11.7. The smallest absolute Gasteiger partial charge is 0.251 e. The van der Waals surface area contributed by atoms with Crippen LogP contribution in [-0.2, 0) is 16.6 Å². The first-order chi connectivity index (χ1) is 13.3. The second-order valence-corrected chi connectivity index (χ2v) is 8.37. The van der Waals surface area contributed by atoms with Crippen molar-refractivity contribution in [1.82, 2.24) is 9.62 Å². The Hall–Kier alpha value is -2.64. The highest BCUT2D eigenvalue weighted by Crippen LogP contribution is 2.25. The van der Waals surface area contributed by atoms with Crippen LogP contribution in [0.15, 0.2) is 60.0 Å². The number of carbonyl (C=O) groups is 1. The first-order valence-electron chi connectivity index (χ1n) is 8.97. The van der Waals surface area contributed by atoms with Gasteiger partial charge in [0.05, 0.1) is 11.5 Å². The average Bonchev–Trinajstić information content (AvgIpc) is 2.67. The van der Waals surface area contributed by atoms with Crippen LogP contribution < -0.4 is 10.1 Å². The third-order valence-electron chi connectivity index (χ3n) is 4.15. The van der Waals surface area contributed by atoms with E-state index >= 15 is 0 Å². The van der Waals surface area contributed by atoms with Gasteiger partial charge in [-0.3, -0.25) is 4.79 Å². The van der Waals surface area contributed by atoms with Gasteiger partial charge in [-0.2, -0.15) is 4.31 Å². The topological polar surface area (TPSA) is 75.7 Å². The molecule has 0 aliphatic carbocycles. The lowest BCUT2D eigenvalue weighted by molar-refractivity contribution is 0.0958. The van der Waals surface area contributed by atoms with Gasteiger partial charge in [-0.05, 0) is 44.2 Å². The number of aryl methyl sites for hydroxylation is 1. The molecule has 0 saturated heterocycles. The number of benzene rings is 2. The van der Waals surface area contributed by atoms with E-state index in [1.165, 1.54) is 11.4 Å². The summed E-state index contributed by atoms with van der Waals surface area (Å²) in [4.78, 5) is 12.5. The van der Waals surface area contributed by atoms with Gasteiger partial charge in [0.15, 0.2) is 0 Å². The van der Waals surface area contributed by atoms with Gasteiger partial charge in [0, 0.05) is 31.3 Å². The van der Waals surface area contributed by atoms with Crippen LogP contribution in [0.5, 0.6) is 5.75 Å². The van der Waals surface area contributed by atoms with Gasteiger partial charge < -0.3 is 10.1 Å². The van der Waals surface area contributed by atoms with E-state index in [-0.39, 0.29) is 17.3 Å². The van der Waals surface area contributed by atoms with Crippen molar-refractivity contribution in [1.29, 1.82) is 0 Å². The quantitative estimate of drug-likeness (QED) is 0.654. The number of nitrogens with one attached hydrogen (secondary N) is 1. The molecule has 150 valence electrons. The summed E-state index contributed by atoms with van der Waals surface area (Å²) in [5.74, 6) is 0.293. The van der Waals surface area contributed by atoms with E-state index in [4.69, 9.17) is 4.74 Å². The summed E-state index contributed by atoms with van der Waals surface area (Å²) in [6.45, 7) is 8.19. The minimum atomic E-state index is -3.67. The highest BCUT2D eigenvalue weighted by Gasteiger charge is 2.22. The Bertz CT molecular complexity index is 937. The van der Waals surface area contributed by atoms with Gasteiger partial charge in [-0.25, -0.2) is 8.42 Å². The number of nitrogens with zero attached hydrogens (tertiary/aromatic N) is 1. The summed E-state index contributed by atoms with van der Waals surface area (Å²) in [7, 11) is -2.16. The third-order valence-corrected chi connectivity index (χ3v) is 5.97. The minimum Gasteiger partial charge on any atom is -0.494 e. The summed E-state index contributed by atoms with van der Waals surface area (Å²) in [5.41, 5.74) is 2.03. The fourth-order valence-corrected chi connectivity index (χ4v) is 3.77. The van der Waals surface area contributed by atoms with Crippen LogP contribution in [0.4, 0.5) is 0 Å². The molecule has 0 aliphatic heterocycles. The molecule has 28 heavy (non-hydrogen) atoms. The first-order valence-corrected chi connectivity index (χ1v) is 10.4. The molecule has 0 heterocycles. The van der Waals surface area contributed by atoms with Crippen molar-refractivity contribution in [2.75, 3.05) is 20.2 Å². The number of rotatable bonds is 9. The predicted molar refractivity (Wildman–Crippen MR) is 110 cm³/mol. The highest BCUT2D eigenvalue weighted by molar-refractivity contribution is 7.89. The maximum atomic E-state index is 12.9. The van der Waals surface area contributed by atoms with Crippen molar-refractivity contribution in [3.05, 3.63) is 71.8 Å². The highest BCUT2D eigenvalue weighted by atomic mass is 32.2. The number of hydrogen-bond acceptors (Lipinski definition) is 4. The normalized spacial score (nSPS) is 11.3. The lowest BCUT2D eigenvalue weighted by Crippen LogP contribution is -2.27. The first kappa shape index (κ1) is 21.7. The van der Waals surface area contributed by atoms with E-state index < -0.39 is 10.0 Å². The molecule has 0 aromatic heterocycles. The molecule has 0 saturated carbocycles.